The maximum Gasteiger partial charge on any atom is 0.188 e. The Hall–Kier alpha value is -1.82. The lowest BCUT2D eigenvalue weighted by atomic mass is 9.94. The number of oxime groups is 1. The number of nitrogens with two attached hydrogens (primary N) is 1. The van der Waals surface area contributed by atoms with Crippen LogP contribution in [0.25, 0.3) is 0 Å². The highest BCUT2D eigenvalue weighted by molar-refractivity contribution is 5.95. The minimum atomic E-state index is -0.000516. The molecule has 1 aromatic rings. The number of pyridine rings is 1. The van der Waals surface area contributed by atoms with E-state index in [1.165, 1.54) is 19.3 Å². The highest BCUT2D eigenvalue weighted by Gasteiger charge is 2.22. The van der Waals surface area contributed by atoms with Gasteiger partial charge in [0.2, 0.25) is 0 Å². The first-order chi connectivity index (χ1) is 9.76. The van der Waals surface area contributed by atoms with Crippen molar-refractivity contribution < 1.29 is 10.3 Å². The van der Waals surface area contributed by atoms with Crippen LogP contribution in [0.4, 0.5) is 5.82 Å². The molecule has 6 heteroatoms. The van der Waals surface area contributed by atoms with Crippen LogP contribution in [0.15, 0.2) is 23.4 Å². The molecule has 1 heterocycles. The molecule has 0 atom stereocenters. The number of aromatic nitrogens is 1. The minimum Gasteiger partial charge on any atom is -0.409 e. The summed E-state index contributed by atoms with van der Waals surface area (Å²) in [5.74, 6) is 0.773. The smallest absolute Gasteiger partial charge is 0.188 e. The molecule has 20 heavy (non-hydrogen) atoms. The van der Waals surface area contributed by atoms with E-state index >= 15 is 0 Å². The first-order valence-corrected chi connectivity index (χ1v) is 7.08. The van der Waals surface area contributed by atoms with Gasteiger partial charge in [-0.25, -0.2) is 4.98 Å². The van der Waals surface area contributed by atoms with Crippen molar-refractivity contribution in [3.8, 4) is 0 Å². The van der Waals surface area contributed by atoms with Crippen LogP contribution < -0.4 is 10.6 Å². The molecule has 0 unspecified atom stereocenters. The summed E-state index contributed by atoms with van der Waals surface area (Å²) >= 11 is 0. The molecular weight excluding hydrogens is 256 g/mol. The molecule has 0 radical (unpaired) electrons. The second-order valence-electron chi connectivity index (χ2n) is 5.08. The van der Waals surface area contributed by atoms with Gasteiger partial charge in [-0.1, -0.05) is 30.5 Å². The fraction of sp³-hybridized carbons (Fsp3) is 0.571. The summed E-state index contributed by atoms with van der Waals surface area (Å²) < 4.78 is 0. The van der Waals surface area contributed by atoms with Crippen molar-refractivity contribution in [3.63, 3.8) is 0 Å². The normalized spacial score (nSPS) is 17.1. The predicted molar refractivity (Wildman–Crippen MR) is 78.1 cm³/mol. The lowest BCUT2D eigenvalue weighted by molar-refractivity contribution is 0.289. The summed E-state index contributed by atoms with van der Waals surface area (Å²) in [5, 5.41) is 21.0. The SMILES string of the molecule is NC(=NO)c1cccc(N(CCO)C2CCCCC2)n1. The molecule has 0 bridgehead atoms. The summed E-state index contributed by atoms with van der Waals surface area (Å²) in [6, 6.07) is 5.85. The summed E-state index contributed by atoms with van der Waals surface area (Å²) in [6.07, 6.45) is 5.95. The Kier molecular flexibility index (Phi) is 5.17. The molecule has 1 aliphatic carbocycles. The maximum atomic E-state index is 9.30. The van der Waals surface area contributed by atoms with Gasteiger partial charge in [0, 0.05) is 12.6 Å². The van der Waals surface area contributed by atoms with Crippen molar-refractivity contribution >= 4 is 11.7 Å². The van der Waals surface area contributed by atoms with Gasteiger partial charge in [-0.15, -0.1) is 0 Å². The largest absolute Gasteiger partial charge is 0.409 e. The van der Waals surface area contributed by atoms with E-state index in [1.807, 2.05) is 12.1 Å². The van der Waals surface area contributed by atoms with Gasteiger partial charge in [0.15, 0.2) is 5.84 Å². The number of rotatable bonds is 5. The van der Waals surface area contributed by atoms with Crippen molar-refractivity contribution in [1.29, 1.82) is 0 Å². The van der Waals surface area contributed by atoms with Crippen LogP contribution in [0.5, 0.6) is 0 Å². The van der Waals surface area contributed by atoms with Crippen LogP contribution in [0, 0.1) is 0 Å². The zero-order valence-corrected chi connectivity index (χ0v) is 11.6. The van der Waals surface area contributed by atoms with E-state index in [-0.39, 0.29) is 12.4 Å². The monoisotopic (exact) mass is 278 g/mol. The third kappa shape index (κ3) is 3.39. The Balaban J connectivity index is 2.24. The van der Waals surface area contributed by atoms with E-state index in [4.69, 9.17) is 10.9 Å². The summed E-state index contributed by atoms with van der Waals surface area (Å²) in [7, 11) is 0. The van der Waals surface area contributed by atoms with Gasteiger partial charge in [0.1, 0.15) is 11.5 Å². The molecular formula is C14H22N4O2. The van der Waals surface area contributed by atoms with Gasteiger partial charge in [-0.05, 0) is 25.0 Å². The van der Waals surface area contributed by atoms with E-state index in [9.17, 15) is 5.11 Å². The number of hydrogen-bond donors (Lipinski definition) is 3. The second kappa shape index (κ2) is 7.09. The number of nitrogens with zero attached hydrogens (tertiary/aromatic N) is 3. The molecule has 1 fully saturated rings. The predicted octanol–water partition coefficient (Wildman–Crippen LogP) is 1.31. The molecule has 0 saturated heterocycles. The number of amidine groups is 1. The van der Waals surface area contributed by atoms with Gasteiger partial charge in [0.25, 0.3) is 0 Å². The van der Waals surface area contributed by atoms with Gasteiger partial charge in [-0.3, -0.25) is 0 Å². The lowest BCUT2D eigenvalue weighted by Crippen LogP contribution is -2.39. The molecule has 1 aliphatic rings. The molecule has 1 saturated carbocycles. The molecule has 0 aliphatic heterocycles. The number of hydrogen-bond acceptors (Lipinski definition) is 5. The number of aliphatic hydroxyl groups is 1. The Morgan fingerprint density at radius 1 is 1.35 bits per heavy atom. The quantitative estimate of drug-likeness (QED) is 0.327. The van der Waals surface area contributed by atoms with Crippen molar-refractivity contribution in [1.82, 2.24) is 4.98 Å². The third-order valence-corrected chi connectivity index (χ3v) is 3.76. The standard InChI is InChI=1S/C14H22N4O2/c15-14(17-20)12-7-4-8-13(16-12)18(9-10-19)11-5-2-1-3-6-11/h4,7-8,11,19-20H,1-3,5-6,9-10H2,(H2,15,17). The average molecular weight is 278 g/mol. The fourth-order valence-electron chi connectivity index (χ4n) is 2.76. The first-order valence-electron chi connectivity index (χ1n) is 7.08. The van der Waals surface area contributed by atoms with E-state index in [2.05, 4.69) is 15.0 Å². The zero-order chi connectivity index (χ0) is 14.4. The minimum absolute atomic E-state index is 0.000516. The van der Waals surface area contributed by atoms with E-state index in [1.54, 1.807) is 6.07 Å². The molecule has 0 aromatic carbocycles. The summed E-state index contributed by atoms with van der Waals surface area (Å²) in [5.41, 5.74) is 6.03. The first kappa shape index (κ1) is 14.6. The summed E-state index contributed by atoms with van der Waals surface area (Å²) in [4.78, 5) is 6.57. The highest BCUT2D eigenvalue weighted by atomic mass is 16.4. The Morgan fingerprint density at radius 2 is 2.10 bits per heavy atom. The molecule has 110 valence electrons. The third-order valence-electron chi connectivity index (χ3n) is 3.76. The van der Waals surface area contributed by atoms with E-state index in [0.29, 0.717) is 18.3 Å². The lowest BCUT2D eigenvalue weighted by Gasteiger charge is -2.35. The topological polar surface area (TPSA) is 95.0 Å². The van der Waals surface area contributed by atoms with Crippen LogP contribution in [-0.2, 0) is 0 Å². The summed E-state index contributed by atoms with van der Waals surface area (Å²) in [6.45, 7) is 0.642. The molecule has 6 nitrogen and oxygen atoms in total. The van der Waals surface area contributed by atoms with Crippen molar-refractivity contribution in [2.24, 2.45) is 10.9 Å². The van der Waals surface area contributed by atoms with Crippen LogP contribution >= 0.6 is 0 Å². The molecule has 0 amide bonds. The molecule has 4 N–H and O–H groups in total. The molecule has 0 spiro atoms. The Morgan fingerprint density at radius 3 is 2.75 bits per heavy atom. The highest BCUT2D eigenvalue weighted by Crippen LogP contribution is 2.26. The van der Waals surface area contributed by atoms with Gasteiger partial charge in [-0.2, -0.15) is 0 Å². The van der Waals surface area contributed by atoms with Crippen molar-refractivity contribution in [2.45, 2.75) is 38.1 Å². The fourth-order valence-corrected chi connectivity index (χ4v) is 2.76. The second-order valence-corrected chi connectivity index (χ2v) is 5.08. The Bertz CT molecular complexity index is 458. The van der Waals surface area contributed by atoms with Crippen LogP contribution in [0.1, 0.15) is 37.8 Å². The van der Waals surface area contributed by atoms with Crippen LogP contribution in [0.3, 0.4) is 0 Å². The molecule has 2 rings (SSSR count). The molecule has 1 aromatic heterocycles. The van der Waals surface area contributed by atoms with E-state index in [0.717, 1.165) is 18.7 Å². The van der Waals surface area contributed by atoms with Crippen LogP contribution in [-0.4, -0.2) is 40.3 Å². The Labute approximate surface area is 118 Å². The number of anilines is 1. The van der Waals surface area contributed by atoms with Gasteiger partial charge in [0.05, 0.1) is 6.61 Å². The van der Waals surface area contributed by atoms with Crippen molar-refractivity contribution in [3.05, 3.63) is 23.9 Å². The zero-order valence-electron chi connectivity index (χ0n) is 11.6. The van der Waals surface area contributed by atoms with Gasteiger partial charge >= 0.3 is 0 Å². The van der Waals surface area contributed by atoms with Crippen LogP contribution in [0.2, 0.25) is 0 Å². The van der Waals surface area contributed by atoms with Crippen molar-refractivity contribution in [2.75, 3.05) is 18.1 Å². The number of aliphatic hydroxyl groups excluding tert-OH is 1. The average Bonchev–Trinajstić information content (AvgIpc) is 2.52. The van der Waals surface area contributed by atoms with Gasteiger partial charge < -0.3 is 20.9 Å². The maximum absolute atomic E-state index is 9.30. The van der Waals surface area contributed by atoms with E-state index < -0.39 is 0 Å².